The van der Waals surface area contributed by atoms with Gasteiger partial charge in [-0.25, -0.2) is 4.39 Å². The molecule has 0 aliphatic carbocycles. The van der Waals surface area contributed by atoms with Gasteiger partial charge in [-0.3, -0.25) is 0 Å². The molecule has 0 radical (unpaired) electrons. The molecular formula is C12H17FO3. The van der Waals surface area contributed by atoms with Gasteiger partial charge in [-0.2, -0.15) is 0 Å². The maximum atomic E-state index is 14.1. The molecule has 0 fully saturated rings. The van der Waals surface area contributed by atoms with Crippen LogP contribution >= 0.6 is 0 Å². The lowest BCUT2D eigenvalue weighted by molar-refractivity contribution is 0.180. The fraction of sp³-hybridized carbons (Fsp3) is 0.500. The van der Waals surface area contributed by atoms with Gasteiger partial charge in [-0.15, -0.1) is 0 Å². The normalized spacial score (nSPS) is 12.6. The van der Waals surface area contributed by atoms with Crippen LogP contribution in [0, 0.1) is 5.82 Å². The van der Waals surface area contributed by atoms with Crippen LogP contribution in [0.3, 0.4) is 0 Å². The van der Waals surface area contributed by atoms with E-state index in [9.17, 15) is 4.39 Å². The predicted octanol–water partition coefficient (Wildman–Crippen LogP) is 2.08. The average molecular weight is 228 g/mol. The monoisotopic (exact) mass is 228 g/mol. The van der Waals surface area contributed by atoms with Gasteiger partial charge in [0.05, 0.1) is 13.7 Å². The quantitative estimate of drug-likeness (QED) is 0.838. The van der Waals surface area contributed by atoms with E-state index in [1.807, 2.05) is 0 Å². The Morgan fingerprint density at radius 3 is 2.56 bits per heavy atom. The zero-order valence-electron chi connectivity index (χ0n) is 9.79. The van der Waals surface area contributed by atoms with Gasteiger partial charge < -0.3 is 14.6 Å². The summed E-state index contributed by atoms with van der Waals surface area (Å²) in [5, 5.41) is 9.10. The largest absolute Gasteiger partial charge is 0.496 e. The molecule has 16 heavy (non-hydrogen) atoms. The minimum absolute atomic E-state index is 0.121. The third kappa shape index (κ3) is 2.51. The Morgan fingerprint density at radius 2 is 2.06 bits per heavy atom. The maximum absolute atomic E-state index is 14.1. The Hall–Kier alpha value is -1.13. The van der Waals surface area contributed by atoms with Gasteiger partial charge in [0.25, 0.3) is 0 Å². The number of hydrogen-bond acceptors (Lipinski definition) is 3. The summed E-state index contributed by atoms with van der Waals surface area (Å²) in [7, 11) is 3.00. The molecule has 1 rings (SSSR count). The number of benzene rings is 1. The lowest BCUT2D eigenvalue weighted by atomic mass is 9.97. The Balaban J connectivity index is 3.22. The van der Waals surface area contributed by atoms with Crippen molar-refractivity contribution in [3.05, 3.63) is 29.1 Å². The first kappa shape index (κ1) is 12.9. The number of rotatable bonds is 5. The van der Waals surface area contributed by atoms with Gasteiger partial charge in [0.1, 0.15) is 11.6 Å². The topological polar surface area (TPSA) is 38.7 Å². The van der Waals surface area contributed by atoms with Crippen LogP contribution in [0.1, 0.15) is 24.0 Å². The van der Waals surface area contributed by atoms with E-state index in [2.05, 4.69) is 0 Å². The van der Waals surface area contributed by atoms with Crippen molar-refractivity contribution >= 4 is 0 Å². The smallest absolute Gasteiger partial charge is 0.135 e. The molecule has 0 heterocycles. The number of ether oxygens (including phenoxy) is 2. The fourth-order valence-electron chi connectivity index (χ4n) is 1.62. The molecule has 1 atom stereocenters. The van der Waals surface area contributed by atoms with Crippen molar-refractivity contribution in [3.8, 4) is 5.75 Å². The standard InChI is InChI=1S/C12H17FO3/c1-8(6-14)11-10(16-3)5-4-9(7-15-2)12(11)13/h4-5,8,14H,6-7H2,1-3H3. The second kappa shape index (κ2) is 5.82. The van der Waals surface area contributed by atoms with Crippen LogP contribution < -0.4 is 4.74 Å². The molecule has 1 aromatic carbocycles. The van der Waals surface area contributed by atoms with Crippen LogP contribution in [-0.4, -0.2) is 25.9 Å². The highest BCUT2D eigenvalue weighted by molar-refractivity contribution is 5.41. The van der Waals surface area contributed by atoms with Crippen LogP contribution in [0.5, 0.6) is 5.75 Å². The molecule has 3 nitrogen and oxygen atoms in total. The number of aliphatic hydroxyl groups is 1. The molecule has 0 aliphatic rings. The molecule has 0 aliphatic heterocycles. The molecule has 0 aromatic heterocycles. The Kier molecular flexibility index (Phi) is 4.71. The Labute approximate surface area is 94.8 Å². The summed E-state index contributed by atoms with van der Waals surface area (Å²) in [4.78, 5) is 0. The summed E-state index contributed by atoms with van der Waals surface area (Å²) in [5.74, 6) is -0.201. The fourth-order valence-corrected chi connectivity index (χ4v) is 1.62. The molecule has 90 valence electrons. The van der Waals surface area contributed by atoms with Crippen molar-refractivity contribution < 1.29 is 19.0 Å². The van der Waals surface area contributed by atoms with E-state index in [0.29, 0.717) is 16.9 Å². The van der Waals surface area contributed by atoms with Crippen molar-refractivity contribution in [2.45, 2.75) is 19.4 Å². The molecule has 0 saturated heterocycles. The molecule has 0 amide bonds. The van der Waals surface area contributed by atoms with Gasteiger partial charge >= 0.3 is 0 Å². The van der Waals surface area contributed by atoms with Gasteiger partial charge in [0.15, 0.2) is 0 Å². The molecule has 0 spiro atoms. The summed E-state index contributed by atoms with van der Waals surface area (Å²) >= 11 is 0. The third-order valence-electron chi connectivity index (χ3n) is 2.51. The van der Waals surface area contributed by atoms with Gasteiger partial charge in [0, 0.05) is 30.8 Å². The van der Waals surface area contributed by atoms with E-state index in [0.717, 1.165) is 0 Å². The van der Waals surface area contributed by atoms with Gasteiger partial charge in [0.2, 0.25) is 0 Å². The number of methoxy groups -OCH3 is 2. The zero-order chi connectivity index (χ0) is 12.1. The third-order valence-corrected chi connectivity index (χ3v) is 2.51. The highest BCUT2D eigenvalue weighted by Gasteiger charge is 2.18. The molecule has 1 N–H and O–H groups in total. The minimum atomic E-state index is -0.359. The molecule has 1 unspecified atom stereocenters. The summed E-state index contributed by atoms with van der Waals surface area (Å²) in [6.45, 7) is 1.84. The molecule has 0 saturated carbocycles. The summed E-state index contributed by atoms with van der Waals surface area (Å²) in [6, 6.07) is 3.32. The van der Waals surface area contributed by atoms with Crippen LogP contribution in [0.4, 0.5) is 4.39 Å². The highest BCUT2D eigenvalue weighted by Crippen LogP contribution is 2.31. The predicted molar refractivity (Wildman–Crippen MR) is 59.2 cm³/mol. The number of hydrogen-bond donors (Lipinski definition) is 1. The second-order valence-corrected chi connectivity index (χ2v) is 3.67. The lowest BCUT2D eigenvalue weighted by Crippen LogP contribution is -2.07. The average Bonchev–Trinajstić information content (AvgIpc) is 2.30. The zero-order valence-corrected chi connectivity index (χ0v) is 9.79. The minimum Gasteiger partial charge on any atom is -0.496 e. The lowest BCUT2D eigenvalue weighted by Gasteiger charge is -2.16. The van der Waals surface area contributed by atoms with E-state index in [1.54, 1.807) is 19.1 Å². The highest BCUT2D eigenvalue weighted by atomic mass is 19.1. The van der Waals surface area contributed by atoms with Gasteiger partial charge in [-0.05, 0) is 6.07 Å². The first-order valence-corrected chi connectivity index (χ1v) is 5.10. The Bertz CT molecular complexity index is 352. The van der Waals surface area contributed by atoms with Crippen LogP contribution in [0.25, 0.3) is 0 Å². The van der Waals surface area contributed by atoms with Gasteiger partial charge in [-0.1, -0.05) is 13.0 Å². The van der Waals surface area contributed by atoms with Crippen molar-refractivity contribution in [3.63, 3.8) is 0 Å². The molecule has 4 heteroatoms. The number of halogens is 1. The van der Waals surface area contributed by atoms with Crippen molar-refractivity contribution in [2.24, 2.45) is 0 Å². The van der Waals surface area contributed by atoms with Crippen molar-refractivity contribution in [2.75, 3.05) is 20.8 Å². The van der Waals surface area contributed by atoms with E-state index < -0.39 is 0 Å². The van der Waals surface area contributed by atoms with E-state index in [4.69, 9.17) is 14.6 Å². The molecular weight excluding hydrogens is 211 g/mol. The van der Waals surface area contributed by atoms with Crippen molar-refractivity contribution in [1.82, 2.24) is 0 Å². The first-order chi connectivity index (χ1) is 7.65. The van der Waals surface area contributed by atoms with Crippen LogP contribution in [0.15, 0.2) is 12.1 Å². The first-order valence-electron chi connectivity index (χ1n) is 5.10. The second-order valence-electron chi connectivity index (χ2n) is 3.67. The summed E-state index contributed by atoms with van der Waals surface area (Å²) in [5.41, 5.74) is 0.873. The van der Waals surface area contributed by atoms with E-state index in [1.165, 1.54) is 14.2 Å². The van der Waals surface area contributed by atoms with E-state index in [-0.39, 0.29) is 24.9 Å². The van der Waals surface area contributed by atoms with Crippen LogP contribution in [-0.2, 0) is 11.3 Å². The molecule has 1 aromatic rings. The molecule has 0 bridgehead atoms. The summed E-state index contributed by atoms with van der Waals surface area (Å²) in [6.07, 6.45) is 0. The van der Waals surface area contributed by atoms with Crippen molar-refractivity contribution in [1.29, 1.82) is 0 Å². The SMILES string of the molecule is COCc1ccc(OC)c(C(C)CO)c1F. The Morgan fingerprint density at radius 1 is 1.38 bits per heavy atom. The summed E-state index contributed by atoms with van der Waals surface area (Å²) < 4.78 is 24.1. The maximum Gasteiger partial charge on any atom is 0.135 e. The van der Waals surface area contributed by atoms with Crippen LogP contribution in [0.2, 0.25) is 0 Å². The van der Waals surface area contributed by atoms with E-state index >= 15 is 0 Å². The number of aliphatic hydroxyl groups excluding tert-OH is 1.